The Balaban J connectivity index is 2.51. The molecule has 66 valence electrons. The van der Waals surface area contributed by atoms with Crippen LogP contribution in [0.25, 0.3) is 0 Å². The van der Waals surface area contributed by atoms with E-state index in [0.717, 1.165) is 5.75 Å². The van der Waals surface area contributed by atoms with Gasteiger partial charge in [0.1, 0.15) is 51.8 Å². The van der Waals surface area contributed by atoms with E-state index in [1.165, 1.54) is 0 Å². The van der Waals surface area contributed by atoms with Crippen LogP contribution in [0.4, 0.5) is 0 Å². The fraction of sp³-hybridized carbons (Fsp3) is 0. The van der Waals surface area contributed by atoms with Crippen LogP contribution in [-0.2, 0) is 5.71 Å². The first-order valence-corrected chi connectivity index (χ1v) is 5.83. The van der Waals surface area contributed by atoms with Crippen molar-refractivity contribution in [3.05, 3.63) is 30.3 Å². The van der Waals surface area contributed by atoms with Crippen molar-refractivity contribution in [1.29, 1.82) is 0 Å². The van der Waals surface area contributed by atoms with E-state index in [4.69, 9.17) is 10.2 Å². The second kappa shape index (κ2) is 6.31. The summed E-state index contributed by atoms with van der Waals surface area (Å²) in [6.07, 6.45) is 0. The van der Waals surface area contributed by atoms with Gasteiger partial charge in [0.05, 0.1) is 0 Å². The molecule has 0 aliphatic heterocycles. The van der Waals surface area contributed by atoms with E-state index >= 15 is 0 Å². The van der Waals surface area contributed by atoms with E-state index in [2.05, 4.69) is 0 Å². The van der Waals surface area contributed by atoms with Crippen molar-refractivity contribution in [1.82, 2.24) is 0 Å². The van der Waals surface area contributed by atoms with E-state index < -0.39 is 8.60 Å². The maximum atomic E-state index is 5.32. The summed E-state index contributed by atoms with van der Waals surface area (Å²) < 4.78 is 15.1. The monoisotopic (exact) mass is 410 g/mol. The van der Waals surface area contributed by atoms with Gasteiger partial charge in [-0.05, 0) is 12.1 Å². The predicted molar refractivity (Wildman–Crippen MR) is 64.2 cm³/mol. The number of para-hydroxylation sites is 1. The van der Waals surface area contributed by atoms with Crippen LogP contribution in [0, 0.1) is 0 Å². The Hall–Kier alpha value is 0.830. The van der Waals surface area contributed by atoms with Crippen molar-refractivity contribution >= 4 is 54.6 Å². The first-order chi connectivity index (χ1) is 5.86. The Morgan fingerprint density at radius 2 is 1.58 bits per heavy atom. The second-order valence-corrected chi connectivity index (χ2v) is 5.04. The number of benzene rings is 1. The van der Waals surface area contributed by atoms with Crippen molar-refractivity contribution in [2.75, 3.05) is 0 Å². The van der Waals surface area contributed by atoms with Gasteiger partial charge in [-0.25, -0.2) is 5.71 Å². The van der Waals surface area contributed by atoms with E-state index in [1.54, 1.807) is 46.0 Å². The van der Waals surface area contributed by atoms with Gasteiger partial charge in [0.15, 0.2) is 0 Å². The number of hydrogen-bond donors (Lipinski definition) is 0. The molecule has 0 bridgehead atoms. The summed E-state index contributed by atoms with van der Waals surface area (Å²) in [6, 6.07) is 9.40. The van der Waals surface area contributed by atoms with Gasteiger partial charge in [0, 0.05) is 0 Å². The number of rotatable bonds is 4. The highest BCUT2D eigenvalue weighted by Gasteiger charge is 2.11. The molecular weight excluding hydrogens is 405 g/mol. The average Bonchev–Trinajstić information content (AvgIpc) is 2.16. The molecule has 1 rings (SSSR count). The minimum absolute atomic E-state index is 0.747. The fourth-order valence-electron chi connectivity index (χ4n) is 0.606. The summed E-state index contributed by atoms with van der Waals surface area (Å²) >= 11 is 3.50. The van der Waals surface area contributed by atoms with E-state index in [1.807, 2.05) is 30.3 Å². The summed E-state index contributed by atoms with van der Waals surface area (Å²) in [5, 5.41) is 0. The second-order valence-electron chi connectivity index (χ2n) is 1.77. The van der Waals surface area contributed by atoms with E-state index in [-0.39, 0.29) is 0 Å². The maximum absolute atomic E-state index is 5.32. The lowest BCUT2D eigenvalue weighted by Gasteiger charge is -2.08. The average molecular weight is 410 g/mol. The third kappa shape index (κ3) is 3.69. The molecule has 0 saturated carbocycles. The fourth-order valence-corrected chi connectivity index (χ4v) is 2.87. The van der Waals surface area contributed by atoms with Gasteiger partial charge in [0.25, 0.3) is 0 Å². The first kappa shape index (κ1) is 10.9. The molecule has 0 saturated heterocycles. The van der Waals surface area contributed by atoms with Gasteiger partial charge >= 0.3 is 8.60 Å². The topological polar surface area (TPSA) is 27.7 Å². The Kier molecular flexibility index (Phi) is 5.73. The van der Waals surface area contributed by atoms with E-state index in [0.29, 0.717) is 0 Å². The lowest BCUT2D eigenvalue weighted by Crippen LogP contribution is -1.85. The summed E-state index contributed by atoms with van der Waals surface area (Å²) in [5.41, 5.74) is 0. The lowest BCUT2D eigenvalue weighted by molar-refractivity contribution is 0.472. The van der Waals surface area contributed by atoms with Crippen LogP contribution >= 0.6 is 54.6 Å². The van der Waals surface area contributed by atoms with Crippen LogP contribution in [-0.4, -0.2) is 0 Å². The molecule has 0 fully saturated rings. The molecule has 0 aliphatic rings. The molecule has 0 atom stereocenters. The minimum Gasteiger partial charge on any atom is -0.426 e. The Morgan fingerprint density at radius 3 is 2.08 bits per heavy atom. The van der Waals surface area contributed by atoms with Crippen LogP contribution in [0.5, 0.6) is 5.75 Å². The van der Waals surface area contributed by atoms with E-state index in [9.17, 15) is 0 Å². The maximum Gasteiger partial charge on any atom is 0.417 e. The van der Waals surface area contributed by atoms with Crippen molar-refractivity contribution in [2.45, 2.75) is 0 Å². The van der Waals surface area contributed by atoms with Crippen molar-refractivity contribution in [3.8, 4) is 5.75 Å². The molecule has 12 heavy (non-hydrogen) atoms. The largest absolute Gasteiger partial charge is 0.426 e. The van der Waals surface area contributed by atoms with Crippen molar-refractivity contribution in [2.24, 2.45) is 0 Å². The minimum atomic E-state index is -1.26. The molecule has 0 unspecified atom stereocenters. The predicted octanol–water partition coefficient (Wildman–Crippen LogP) is 4.03. The normalized spacial score (nSPS) is 10.2. The zero-order valence-corrected chi connectivity index (χ0v) is 11.0. The molecule has 1 aromatic rings. The zero-order chi connectivity index (χ0) is 8.81. The first-order valence-electron chi connectivity index (χ1n) is 2.97. The van der Waals surface area contributed by atoms with Gasteiger partial charge in [-0.15, -0.1) is 0 Å². The SMILES string of the molecule is IOP(OI)Oc1ccccc1. The molecular formula is C6H5I2O3P. The van der Waals surface area contributed by atoms with Gasteiger partial charge in [-0.3, -0.25) is 0 Å². The molecule has 0 aliphatic carbocycles. The highest BCUT2D eigenvalue weighted by molar-refractivity contribution is 14.1. The highest BCUT2D eigenvalue weighted by Crippen LogP contribution is 2.44. The molecule has 6 heteroatoms. The standard InChI is InChI=1S/C6H5I2O3P/c7-10-12(11-8)9-6-4-2-1-3-5-6/h1-5H. The van der Waals surface area contributed by atoms with Crippen LogP contribution in [0.3, 0.4) is 0 Å². The molecule has 0 N–H and O–H groups in total. The summed E-state index contributed by atoms with van der Waals surface area (Å²) in [4.78, 5) is 0. The summed E-state index contributed by atoms with van der Waals surface area (Å²) in [7, 11) is -1.26. The Morgan fingerprint density at radius 1 is 1.00 bits per heavy atom. The van der Waals surface area contributed by atoms with Crippen molar-refractivity contribution in [3.63, 3.8) is 0 Å². The van der Waals surface area contributed by atoms with Gasteiger partial charge in [-0.2, -0.15) is 0 Å². The Bertz CT molecular complexity index is 217. The molecule has 0 aromatic heterocycles. The zero-order valence-electron chi connectivity index (χ0n) is 5.81. The molecule has 0 radical (unpaired) electrons. The number of halogens is 2. The molecule has 0 amide bonds. The summed E-state index contributed by atoms with van der Waals surface area (Å²) in [5.74, 6) is 0.747. The molecule has 3 nitrogen and oxygen atoms in total. The van der Waals surface area contributed by atoms with Gasteiger partial charge in [0.2, 0.25) is 0 Å². The van der Waals surface area contributed by atoms with Crippen LogP contribution < -0.4 is 4.52 Å². The van der Waals surface area contributed by atoms with Gasteiger partial charge < -0.3 is 4.52 Å². The molecule has 1 aromatic carbocycles. The third-order valence-electron chi connectivity index (χ3n) is 1.04. The molecule has 0 spiro atoms. The van der Waals surface area contributed by atoms with Crippen LogP contribution in [0.2, 0.25) is 0 Å². The van der Waals surface area contributed by atoms with Crippen LogP contribution in [0.15, 0.2) is 30.3 Å². The highest BCUT2D eigenvalue weighted by atomic mass is 127. The third-order valence-corrected chi connectivity index (χ3v) is 3.55. The quantitative estimate of drug-likeness (QED) is 0.555. The molecule has 0 heterocycles. The summed E-state index contributed by atoms with van der Waals surface area (Å²) in [6.45, 7) is 0. The number of hydrogen-bond acceptors (Lipinski definition) is 3. The van der Waals surface area contributed by atoms with Crippen molar-refractivity contribution < 1.29 is 10.2 Å². The Labute approximate surface area is 100 Å². The smallest absolute Gasteiger partial charge is 0.417 e. The lowest BCUT2D eigenvalue weighted by atomic mass is 10.3. The van der Waals surface area contributed by atoms with Gasteiger partial charge in [-0.1, -0.05) is 18.2 Å². The van der Waals surface area contributed by atoms with Crippen LogP contribution in [0.1, 0.15) is 0 Å².